The monoisotopic (exact) mass is 307 g/mol. The molecule has 0 aliphatic carbocycles. The van der Waals surface area contributed by atoms with E-state index >= 15 is 0 Å². The molecule has 0 saturated heterocycles. The fraction of sp³-hybridized carbons (Fsp3) is 0.438. The molecule has 1 rings (SSSR count). The molecule has 0 aliphatic rings. The first kappa shape index (κ1) is 17.7. The van der Waals surface area contributed by atoms with Crippen molar-refractivity contribution in [3.63, 3.8) is 0 Å². The molecule has 6 heteroatoms. The van der Waals surface area contributed by atoms with E-state index in [0.717, 1.165) is 0 Å². The van der Waals surface area contributed by atoms with Gasteiger partial charge in [-0.15, -0.1) is 0 Å². The second-order valence-electron chi connectivity index (χ2n) is 5.29. The van der Waals surface area contributed by atoms with Gasteiger partial charge in [-0.3, -0.25) is 14.4 Å². The van der Waals surface area contributed by atoms with Crippen molar-refractivity contribution in [2.45, 2.75) is 33.3 Å². The summed E-state index contributed by atoms with van der Waals surface area (Å²) in [5, 5.41) is 11.3. The zero-order valence-electron chi connectivity index (χ0n) is 13.0. The molecule has 120 valence electrons. The average molecular weight is 307 g/mol. The first-order valence-electron chi connectivity index (χ1n) is 7.06. The number of ketones is 1. The Balaban J connectivity index is 2.52. The maximum Gasteiger partial charge on any atom is 0.303 e. The molecule has 0 aromatic heterocycles. The summed E-state index contributed by atoms with van der Waals surface area (Å²) in [4.78, 5) is 33.8. The summed E-state index contributed by atoms with van der Waals surface area (Å²) < 4.78 is 5.50. The average Bonchev–Trinajstić information content (AvgIpc) is 2.44. The number of Topliss-reactive ketones (excluding diaryl/α,β-unsaturated/α-hetero) is 1. The van der Waals surface area contributed by atoms with Crippen molar-refractivity contribution in [2.24, 2.45) is 5.92 Å². The predicted molar refractivity (Wildman–Crippen MR) is 81.0 cm³/mol. The first-order valence-corrected chi connectivity index (χ1v) is 7.06. The summed E-state index contributed by atoms with van der Waals surface area (Å²) in [6.07, 6.45) is -0.741. The number of nitrogens with one attached hydrogen (secondary N) is 1. The molecule has 0 heterocycles. The van der Waals surface area contributed by atoms with Crippen molar-refractivity contribution < 1.29 is 24.2 Å². The standard InChI is InChI=1S/C16H21NO5/c1-10(7-15(19)20)9-17-16(21)12(3)22-14-6-4-5-13(8-14)11(2)18/h4-6,8,10,12H,7,9H2,1-3H3,(H,17,21)(H,19,20). The summed E-state index contributed by atoms with van der Waals surface area (Å²) in [6.45, 7) is 5.07. The first-order chi connectivity index (χ1) is 10.3. The van der Waals surface area contributed by atoms with E-state index in [1.54, 1.807) is 38.1 Å². The normalized spacial score (nSPS) is 13.0. The van der Waals surface area contributed by atoms with E-state index in [9.17, 15) is 14.4 Å². The lowest BCUT2D eigenvalue weighted by Gasteiger charge is -2.16. The van der Waals surface area contributed by atoms with Crippen LogP contribution in [-0.2, 0) is 9.59 Å². The van der Waals surface area contributed by atoms with Crippen LogP contribution < -0.4 is 10.1 Å². The molecule has 22 heavy (non-hydrogen) atoms. The molecule has 6 nitrogen and oxygen atoms in total. The van der Waals surface area contributed by atoms with Crippen LogP contribution in [0.4, 0.5) is 0 Å². The number of amides is 1. The van der Waals surface area contributed by atoms with E-state index < -0.39 is 12.1 Å². The molecule has 0 saturated carbocycles. The third-order valence-electron chi connectivity index (χ3n) is 3.07. The number of carbonyl (C=O) groups excluding carboxylic acids is 2. The molecule has 0 fully saturated rings. The van der Waals surface area contributed by atoms with Gasteiger partial charge in [0.05, 0.1) is 0 Å². The minimum Gasteiger partial charge on any atom is -0.481 e. The molecule has 0 bridgehead atoms. The summed E-state index contributed by atoms with van der Waals surface area (Å²) in [5.74, 6) is -1.02. The third-order valence-corrected chi connectivity index (χ3v) is 3.07. The Kier molecular flexibility index (Phi) is 6.56. The second kappa shape index (κ2) is 8.17. The van der Waals surface area contributed by atoms with Crippen LogP contribution in [0.5, 0.6) is 5.75 Å². The lowest BCUT2D eigenvalue weighted by molar-refractivity contribution is -0.138. The quantitative estimate of drug-likeness (QED) is 0.715. The maximum absolute atomic E-state index is 11.9. The van der Waals surface area contributed by atoms with Crippen molar-refractivity contribution in [3.8, 4) is 5.75 Å². The van der Waals surface area contributed by atoms with Gasteiger partial charge >= 0.3 is 5.97 Å². The number of aliphatic carboxylic acids is 1. The third kappa shape index (κ3) is 5.95. The molecule has 2 atom stereocenters. The van der Waals surface area contributed by atoms with E-state index in [1.165, 1.54) is 6.92 Å². The Morgan fingerprint density at radius 1 is 1.27 bits per heavy atom. The molecule has 1 amide bonds. The van der Waals surface area contributed by atoms with Crippen LogP contribution >= 0.6 is 0 Å². The van der Waals surface area contributed by atoms with Gasteiger partial charge in [0.15, 0.2) is 11.9 Å². The van der Waals surface area contributed by atoms with Crippen molar-refractivity contribution >= 4 is 17.7 Å². The van der Waals surface area contributed by atoms with Gasteiger partial charge in [0.25, 0.3) is 5.91 Å². The van der Waals surface area contributed by atoms with Crippen LogP contribution in [0.3, 0.4) is 0 Å². The highest BCUT2D eigenvalue weighted by molar-refractivity contribution is 5.94. The van der Waals surface area contributed by atoms with Crippen LogP contribution in [0, 0.1) is 5.92 Å². The van der Waals surface area contributed by atoms with Gasteiger partial charge in [0.1, 0.15) is 5.75 Å². The van der Waals surface area contributed by atoms with E-state index in [4.69, 9.17) is 9.84 Å². The highest BCUT2D eigenvalue weighted by Gasteiger charge is 2.16. The zero-order valence-corrected chi connectivity index (χ0v) is 13.0. The summed E-state index contributed by atoms with van der Waals surface area (Å²) in [7, 11) is 0. The minimum atomic E-state index is -0.896. The summed E-state index contributed by atoms with van der Waals surface area (Å²) in [5.41, 5.74) is 0.514. The molecule has 0 radical (unpaired) electrons. The van der Waals surface area contributed by atoms with Crippen molar-refractivity contribution in [2.75, 3.05) is 6.54 Å². The molecule has 2 N–H and O–H groups in total. The van der Waals surface area contributed by atoms with Gasteiger partial charge in [-0.1, -0.05) is 19.1 Å². The Bertz CT molecular complexity index is 555. The Labute approximate surface area is 129 Å². The van der Waals surface area contributed by atoms with Crippen LogP contribution in [0.2, 0.25) is 0 Å². The molecular weight excluding hydrogens is 286 g/mol. The van der Waals surface area contributed by atoms with Gasteiger partial charge in [0, 0.05) is 18.5 Å². The van der Waals surface area contributed by atoms with Crippen molar-refractivity contribution in [1.82, 2.24) is 5.32 Å². The summed E-state index contributed by atoms with van der Waals surface area (Å²) >= 11 is 0. The van der Waals surface area contributed by atoms with E-state index in [2.05, 4.69) is 5.32 Å². The van der Waals surface area contributed by atoms with E-state index in [0.29, 0.717) is 11.3 Å². The molecule has 2 unspecified atom stereocenters. The number of rotatable bonds is 8. The topological polar surface area (TPSA) is 92.7 Å². The Hall–Kier alpha value is -2.37. The highest BCUT2D eigenvalue weighted by Crippen LogP contribution is 2.15. The molecule has 1 aromatic rings. The Morgan fingerprint density at radius 2 is 1.95 bits per heavy atom. The fourth-order valence-corrected chi connectivity index (χ4v) is 1.83. The van der Waals surface area contributed by atoms with Gasteiger partial charge in [-0.05, 0) is 31.9 Å². The largest absolute Gasteiger partial charge is 0.481 e. The lowest BCUT2D eigenvalue weighted by atomic mass is 10.1. The smallest absolute Gasteiger partial charge is 0.303 e. The second-order valence-corrected chi connectivity index (χ2v) is 5.29. The zero-order chi connectivity index (χ0) is 16.7. The summed E-state index contributed by atoms with van der Waals surface area (Å²) in [6, 6.07) is 6.61. The number of carboxylic acid groups (broad SMARTS) is 1. The number of ether oxygens (including phenoxy) is 1. The number of hydrogen-bond acceptors (Lipinski definition) is 4. The van der Waals surface area contributed by atoms with E-state index in [-0.39, 0.29) is 30.6 Å². The van der Waals surface area contributed by atoms with E-state index in [1.807, 2.05) is 0 Å². The van der Waals surface area contributed by atoms with Gasteiger partial charge < -0.3 is 15.2 Å². The highest BCUT2D eigenvalue weighted by atomic mass is 16.5. The van der Waals surface area contributed by atoms with Gasteiger partial charge in [-0.2, -0.15) is 0 Å². The van der Waals surface area contributed by atoms with Crippen molar-refractivity contribution in [1.29, 1.82) is 0 Å². The lowest BCUT2D eigenvalue weighted by Crippen LogP contribution is -2.38. The molecule has 0 aliphatic heterocycles. The van der Waals surface area contributed by atoms with Crippen LogP contribution in [0.1, 0.15) is 37.6 Å². The fourth-order valence-electron chi connectivity index (χ4n) is 1.83. The predicted octanol–water partition coefficient (Wildman–Crippen LogP) is 1.88. The minimum absolute atomic E-state index is 0.00379. The number of carbonyl (C=O) groups is 3. The maximum atomic E-state index is 11.9. The Morgan fingerprint density at radius 3 is 2.55 bits per heavy atom. The molecule has 1 aromatic carbocycles. The molecular formula is C16H21NO5. The SMILES string of the molecule is CC(=O)c1cccc(OC(C)C(=O)NCC(C)CC(=O)O)c1. The molecule has 0 spiro atoms. The van der Waals surface area contributed by atoms with Crippen LogP contribution in [0.15, 0.2) is 24.3 Å². The van der Waals surface area contributed by atoms with Gasteiger partial charge in [0.2, 0.25) is 0 Å². The van der Waals surface area contributed by atoms with Crippen molar-refractivity contribution in [3.05, 3.63) is 29.8 Å². The van der Waals surface area contributed by atoms with Crippen LogP contribution in [0.25, 0.3) is 0 Å². The van der Waals surface area contributed by atoms with Gasteiger partial charge in [-0.25, -0.2) is 0 Å². The number of benzene rings is 1. The number of carboxylic acids is 1. The number of hydrogen-bond donors (Lipinski definition) is 2. The van der Waals surface area contributed by atoms with Crippen LogP contribution in [-0.4, -0.2) is 35.4 Å².